The summed E-state index contributed by atoms with van der Waals surface area (Å²) in [6.07, 6.45) is 0.164. The molecule has 4 nitrogen and oxygen atoms in total. The molecule has 1 atom stereocenters. The number of benzene rings is 1. The number of hydrogen-bond acceptors (Lipinski definition) is 3. The molecule has 4 heteroatoms. The van der Waals surface area contributed by atoms with Gasteiger partial charge in [-0.2, -0.15) is 5.26 Å². The summed E-state index contributed by atoms with van der Waals surface area (Å²) in [4.78, 5) is 25.2. The number of carbonyl (C=O) groups excluding carboxylic acids is 2. The number of carbonyl (C=O) groups is 2. The summed E-state index contributed by atoms with van der Waals surface area (Å²) in [7, 11) is 0. The minimum absolute atomic E-state index is 0.164. The number of hydrogen-bond donors (Lipinski definition) is 0. The second-order valence-electron chi connectivity index (χ2n) is 5.07. The molecule has 1 aromatic rings. The molecule has 0 spiro atoms. The molecule has 18 heavy (non-hydrogen) atoms. The first-order chi connectivity index (χ1) is 8.47. The van der Waals surface area contributed by atoms with Gasteiger partial charge < -0.3 is 0 Å². The van der Waals surface area contributed by atoms with Gasteiger partial charge in [0.15, 0.2) is 6.04 Å². The molecule has 1 heterocycles. The minimum Gasteiger partial charge on any atom is -0.274 e. The van der Waals surface area contributed by atoms with Gasteiger partial charge in [-0.05, 0) is 5.56 Å². The molecule has 1 aliphatic rings. The van der Waals surface area contributed by atoms with E-state index >= 15 is 0 Å². The Balaban J connectivity index is 2.39. The zero-order valence-electron chi connectivity index (χ0n) is 10.4. The molecular weight excluding hydrogens is 228 g/mol. The van der Waals surface area contributed by atoms with Crippen LogP contribution in [0.3, 0.4) is 0 Å². The van der Waals surface area contributed by atoms with Crippen LogP contribution >= 0.6 is 0 Å². The maximum atomic E-state index is 12.2. The van der Waals surface area contributed by atoms with E-state index in [-0.39, 0.29) is 18.2 Å². The predicted molar refractivity (Wildman–Crippen MR) is 65.0 cm³/mol. The van der Waals surface area contributed by atoms with Crippen LogP contribution in [0.25, 0.3) is 0 Å². The van der Waals surface area contributed by atoms with E-state index in [0.717, 1.165) is 4.90 Å². The fraction of sp³-hybridized carbons (Fsp3) is 0.357. The first-order valence-electron chi connectivity index (χ1n) is 5.78. The van der Waals surface area contributed by atoms with Gasteiger partial charge in [-0.1, -0.05) is 44.2 Å². The van der Waals surface area contributed by atoms with Crippen LogP contribution in [0.5, 0.6) is 0 Å². The van der Waals surface area contributed by atoms with Gasteiger partial charge >= 0.3 is 0 Å². The number of nitriles is 1. The van der Waals surface area contributed by atoms with E-state index in [1.54, 1.807) is 38.1 Å². The molecule has 1 aliphatic heterocycles. The van der Waals surface area contributed by atoms with Crippen LogP contribution < -0.4 is 0 Å². The second kappa shape index (κ2) is 4.26. The summed E-state index contributed by atoms with van der Waals surface area (Å²) in [5.41, 5.74) is -0.0413. The summed E-state index contributed by atoms with van der Waals surface area (Å²) in [5.74, 6) is -0.552. The Morgan fingerprint density at radius 1 is 1.28 bits per heavy atom. The van der Waals surface area contributed by atoms with Crippen molar-refractivity contribution in [3.8, 4) is 6.07 Å². The average Bonchev–Trinajstić information content (AvgIpc) is 2.54. The summed E-state index contributed by atoms with van der Waals surface area (Å²) in [5, 5.41) is 9.25. The van der Waals surface area contributed by atoms with Crippen molar-refractivity contribution in [1.82, 2.24) is 4.90 Å². The highest BCUT2D eigenvalue weighted by molar-refractivity contribution is 6.06. The van der Waals surface area contributed by atoms with Crippen molar-refractivity contribution in [2.75, 3.05) is 0 Å². The summed E-state index contributed by atoms with van der Waals surface area (Å²) < 4.78 is 0. The van der Waals surface area contributed by atoms with Crippen LogP contribution in [-0.4, -0.2) is 16.7 Å². The largest absolute Gasteiger partial charge is 0.274 e. The Hall–Kier alpha value is -2.15. The van der Waals surface area contributed by atoms with Gasteiger partial charge in [0.1, 0.15) is 0 Å². The van der Waals surface area contributed by atoms with Gasteiger partial charge in [0, 0.05) is 6.42 Å². The molecule has 0 radical (unpaired) electrons. The third kappa shape index (κ3) is 1.88. The molecule has 1 unspecified atom stereocenters. The first-order valence-corrected chi connectivity index (χ1v) is 5.78. The molecule has 1 aromatic carbocycles. The summed E-state index contributed by atoms with van der Waals surface area (Å²) >= 11 is 0. The lowest BCUT2D eigenvalue weighted by atomic mass is 9.92. The third-order valence-corrected chi connectivity index (χ3v) is 3.16. The highest BCUT2D eigenvalue weighted by Gasteiger charge is 2.48. The van der Waals surface area contributed by atoms with Gasteiger partial charge in [0.25, 0.3) is 0 Å². The topological polar surface area (TPSA) is 61.2 Å². The third-order valence-electron chi connectivity index (χ3n) is 3.16. The fourth-order valence-corrected chi connectivity index (χ4v) is 2.16. The normalized spacial score (nSPS) is 19.7. The Bertz CT molecular complexity index is 528. The number of imide groups is 1. The maximum absolute atomic E-state index is 12.2. The maximum Gasteiger partial charge on any atom is 0.236 e. The van der Waals surface area contributed by atoms with Gasteiger partial charge in [-0.15, -0.1) is 0 Å². The lowest BCUT2D eigenvalue weighted by Crippen LogP contribution is -2.36. The van der Waals surface area contributed by atoms with Crippen LogP contribution in [-0.2, 0) is 9.59 Å². The molecule has 2 rings (SSSR count). The number of likely N-dealkylation sites (tertiary alicyclic amines) is 1. The fourth-order valence-electron chi connectivity index (χ4n) is 2.16. The van der Waals surface area contributed by atoms with Crippen molar-refractivity contribution in [1.29, 1.82) is 5.26 Å². The number of amides is 2. The highest BCUT2D eigenvalue weighted by Crippen LogP contribution is 2.36. The Kier molecular flexibility index (Phi) is 2.92. The molecular formula is C14H14N2O2. The molecule has 0 bridgehead atoms. The first kappa shape index (κ1) is 12.3. The number of rotatable bonds is 2. The molecule has 1 saturated heterocycles. The lowest BCUT2D eigenvalue weighted by Gasteiger charge is -2.22. The average molecular weight is 242 g/mol. The number of nitrogens with zero attached hydrogens (tertiary/aromatic N) is 2. The standard InChI is InChI=1S/C14H14N2O2/c1-14(2)8-12(17)16(13(14)18)11(9-15)10-6-4-3-5-7-10/h3-7,11H,8H2,1-2H3. The van der Waals surface area contributed by atoms with E-state index in [1.807, 2.05) is 12.1 Å². The van der Waals surface area contributed by atoms with Gasteiger partial charge in [-0.25, -0.2) is 0 Å². The molecule has 0 N–H and O–H groups in total. The zero-order valence-corrected chi connectivity index (χ0v) is 10.4. The zero-order chi connectivity index (χ0) is 13.3. The van der Waals surface area contributed by atoms with Gasteiger partial charge in [-0.3, -0.25) is 14.5 Å². The van der Waals surface area contributed by atoms with Crippen molar-refractivity contribution < 1.29 is 9.59 Å². The molecule has 0 aromatic heterocycles. The van der Waals surface area contributed by atoms with Crippen molar-refractivity contribution in [3.63, 3.8) is 0 Å². The van der Waals surface area contributed by atoms with Crippen molar-refractivity contribution in [2.24, 2.45) is 5.41 Å². The van der Waals surface area contributed by atoms with Crippen LogP contribution in [0.4, 0.5) is 0 Å². The highest BCUT2D eigenvalue weighted by atomic mass is 16.2. The van der Waals surface area contributed by atoms with Crippen molar-refractivity contribution in [3.05, 3.63) is 35.9 Å². The quantitative estimate of drug-likeness (QED) is 0.745. The van der Waals surface area contributed by atoms with E-state index < -0.39 is 11.5 Å². The van der Waals surface area contributed by atoms with Gasteiger partial charge in [0.2, 0.25) is 11.8 Å². The molecule has 0 saturated carbocycles. The van der Waals surface area contributed by atoms with E-state index in [9.17, 15) is 14.9 Å². The molecule has 1 fully saturated rings. The predicted octanol–water partition coefficient (Wildman–Crippen LogP) is 2.04. The van der Waals surface area contributed by atoms with Crippen molar-refractivity contribution in [2.45, 2.75) is 26.3 Å². The van der Waals surface area contributed by atoms with E-state index in [0.29, 0.717) is 5.56 Å². The molecule has 2 amide bonds. The summed E-state index contributed by atoms with van der Waals surface area (Å²) in [6.45, 7) is 3.46. The Labute approximate surface area is 106 Å². The van der Waals surface area contributed by atoms with Crippen LogP contribution in [0.2, 0.25) is 0 Å². The van der Waals surface area contributed by atoms with Crippen LogP contribution in [0.15, 0.2) is 30.3 Å². The smallest absolute Gasteiger partial charge is 0.236 e. The minimum atomic E-state index is -0.826. The van der Waals surface area contributed by atoms with Crippen LogP contribution in [0, 0.1) is 16.7 Å². The molecule has 0 aliphatic carbocycles. The van der Waals surface area contributed by atoms with Gasteiger partial charge in [0.05, 0.1) is 11.5 Å². The lowest BCUT2D eigenvalue weighted by molar-refractivity contribution is -0.142. The SMILES string of the molecule is CC1(C)CC(=O)N(C(C#N)c2ccccc2)C1=O. The van der Waals surface area contributed by atoms with E-state index in [1.165, 1.54) is 0 Å². The van der Waals surface area contributed by atoms with Crippen LogP contribution in [0.1, 0.15) is 31.9 Å². The molecule has 92 valence electrons. The second-order valence-corrected chi connectivity index (χ2v) is 5.07. The summed E-state index contributed by atoms with van der Waals surface area (Å²) in [6, 6.07) is 10.1. The Morgan fingerprint density at radius 3 is 2.33 bits per heavy atom. The van der Waals surface area contributed by atoms with E-state index in [4.69, 9.17) is 0 Å². The van der Waals surface area contributed by atoms with Crippen molar-refractivity contribution >= 4 is 11.8 Å². The van der Waals surface area contributed by atoms with E-state index in [2.05, 4.69) is 0 Å². The Morgan fingerprint density at radius 2 is 1.89 bits per heavy atom. The monoisotopic (exact) mass is 242 g/mol.